The van der Waals surface area contributed by atoms with Gasteiger partial charge in [-0.15, -0.1) is 0 Å². The number of hydrogen-bond acceptors (Lipinski definition) is 3. The Morgan fingerprint density at radius 3 is 2.71 bits per heavy atom. The number of nitrogens with one attached hydrogen (secondary N) is 2. The summed E-state index contributed by atoms with van der Waals surface area (Å²) in [6.45, 7) is 1.92. The second kappa shape index (κ2) is 5.28. The van der Waals surface area contributed by atoms with Crippen LogP contribution in [0.4, 0.5) is 0 Å². The Balaban J connectivity index is 1.82. The Morgan fingerprint density at radius 1 is 1.19 bits per heavy atom. The number of rotatable bonds is 3. The molecule has 0 fully saturated rings. The molecule has 5 heteroatoms. The van der Waals surface area contributed by atoms with Gasteiger partial charge in [0.25, 0.3) is 5.91 Å². The quantitative estimate of drug-likeness (QED) is 0.775. The average molecular weight is 282 g/mol. The van der Waals surface area contributed by atoms with E-state index in [0.717, 1.165) is 5.56 Å². The van der Waals surface area contributed by atoms with Crippen molar-refractivity contribution < 1.29 is 9.21 Å². The number of aromatic amines is 1. The predicted octanol–water partition coefficient (Wildman–Crippen LogP) is 2.61. The fourth-order valence-corrected chi connectivity index (χ4v) is 2.19. The molecule has 3 aromatic rings. The Morgan fingerprint density at radius 2 is 1.95 bits per heavy atom. The second-order valence-electron chi connectivity index (χ2n) is 4.83. The van der Waals surface area contributed by atoms with Crippen LogP contribution in [-0.2, 0) is 0 Å². The normalized spacial score (nSPS) is 12.2. The van der Waals surface area contributed by atoms with Crippen molar-refractivity contribution in [3.63, 3.8) is 0 Å². The van der Waals surface area contributed by atoms with Gasteiger partial charge in [-0.25, -0.2) is 4.79 Å². The zero-order valence-corrected chi connectivity index (χ0v) is 11.4. The van der Waals surface area contributed by atoms with Crippen molar-refractivity contribution >= 4 is 17.0 Å². The lowest BCUT2D eigenvalue weighted by molar-refractivity contribution is 0.0940. The number of hydrogen-bond donors (Lipinski definition) is 2. The summed E-state index contributed by atoms with van der Waals surface area (Å²) in [7, 11) is 0. The smallest absolute Gasteiger partial charge is 0.408 e. The minimum atomic E-state index is -0.528. The van der Waals surface area contributed by atoms with E-state index < -0.39 is 5.76 Å². The third-order valence-corrected chi connectivity index (χ3v) is 3.33. The topological polar surface area (TPSA) is 75.1 Å². The SMILES string of the molecule is CC(NC(=O)c1ccc2[nH]c(=O)oc2c1)c1ccccc1. The fraction of sp³-hybridized carbons (Fsp3) is 0.125. The lowest BCUT2D eigenvalue weighted by Crippen LogP contribution is -2.26. The van der Waals surface area contributed by atoms with E-state index in [1.807, 2.05) is 37.3 Å². The number of carbonyl (C=O) groups excluding carboxylic acids is 1. The molecule has 0 radical (unpaired) electrons. The van der Waals surface area contributed by atoms with E-state index in [4.69, 9.17) is 4.42 Å². The largest absolute Gasteiger partial charge is 0.417 e. The number of fused-ring (bicyclic) bond motifs is 1. The van der Waals surface area contributed by atoms with Crippen molar-refractivity contribution in [1.82, 2.24) is 10.3 Å². The van der Waals surface area contributed by atoms with Gasteiger partial charge in [-0.1, -0.05) is 30.3 Å². The molecule has 1 heterocycles. The highest BCUT2D eigenvalue weighted by molar-refractivity contribution is 5.97. The van der Waals surface area contributed by atoms with Crippen molar-refractivity contribution in [2.45, 2.75) is 13.0 Å². The number of carbonyl (C=O) groups is 1. The molecule has 0 spiro atoms. The van der Waals surface area contributed by atoms with Crippen molar-refractivity contribution in [2.75, 3.05) is 0 Å². The molecular weight excluding hydrogens is 268 g/mol. The van der Waals surface area contributed by atoms with E-state index in [2.05, 4.69) is 10.3 Å². The van der Waals surface area contributed by atoms with Crippen LogP contribution in [0.5, 0.6) is 0 Å². The molecule has 1 aromatic heterocycles. The van der Waals surface area contributed by atoms with Gasteiger partial charge in [0.2, 0.25) is 0 Å². The lowest BCUT2D eigenvalue weighted by Gasteiger charge is -2.14. The average Bonchev–Trinajstić information content (AvgIpc) is 2.87. The maximum atomic E-state index is 12.2. The molecule has 0 saturated heterocycles. The van der Waals surface area contributed by atoms with E-state index in [-0.39, 0.29) is 11.9 Å². The molecule has 0 aliphatic carbocycles. The Hall–Kier alpha value is -2.82. The zero-order chi connectivity index (χ0) is 14.8. The van der Waals surface area contributed by atoms with Gasteiger partial charge in [0, 0.05) is 5.56 Å². The first-order valence-electron chi connectivity index (χ1n) is 6.62. The molecule has 2 N–H and O–H groups in total. The van der Waals surface area contributed by atoms with Gasteiger partial charge in [0.05, 0.1) is 11.6 Å². The van der Waals surface area contributed by atoms with E-state index in [1.165, 1.54) is 0 Å². The van der Waals surface area contributed by atoms with Crippen LogP contribution in [0.15, 0.2) is 57.7 Å². The van der Waals surface area contributed by atoms with Crippen LogP contribution < -0.4 is 11.1 Å². The van der Waals surface area contributed by atoms with Crippen molar-refractivity contribution in [1.29, 1.82) is 0 Å². The summed E-state index contributed by atoms with van der Waals surface area (Å²) in [5.41, 5.74) is 2.43. The molecule has 1 amide bonds. The number of oxazole rings is 1. The van der Waals surface area contributed by atoms with Gasteiger partial charge in [-0.05, 0) is 30.7 Å². The van der Waals surface area contributed by atoms with E-state index >= 15 is 0 Å². The lowest BCUT2D eigenvalue weighted by atomic mass is 10.1. The molecule has 106 valence electrons. The van der Waals surface area contributed by atoms with Gasteiger partial charge in [0.15, 0.2) is 5.58 Å². The molecule has 0 saturated carbocycles. The molecule has 5 nitrogen and oxygen atoms in total. The predicted molar refractivity (Wildman–Crippen MR) is 79.2 cm³/mol. The highest BCUT2D eigenvalue weighted by Crippen LogP contribution is 2.15. The molecule has 0 bridgehead atoms. The Labute approximate surface area is 120 Å². The third kappa shape index (κ3) is 2.72. The Bertz CT molecular complexity index is 833. The van der Waals surface area contributed by atoms with Crippen LogP contribution in [0.25, 0.3) is 11.1 Å². The van der Waals surface area contributed by atoms with Crippen LogP contribution in [0, 0.1) is 0 Å². The summed E-state index contributed by atoms with van der Waals surface area (Å²) in [6, 6.07) is 14.5. The number of benzene rings is 2. The first-order valence-corrected chi connectivity index (χ1v) is 6.62. The summed E-state index contributed by atoms with van der Waals surface area (Å²) in [5.74, 6) is -0.739. The van der Waals surface area contributed by atoms with Crippen molar-refractivity contribution in [3.8, 4) is 0 Å². The van der Waals surface area contributed by atoms with Gasteiger partial charge in [0.1, 0.15) is 0 Å². The zero-order valence-electron chi connectivity index (χ0n) is 11.4. The van der Waals surface area contributed by atoms with E-state index in [0.29, 0.717) is 16.7 Å². The maximum Gasteiger partial charge on any atom is 0.417 e. The monoisotopic (exact) mass is 282 g/mol. The molecule has 0 aliphatic rings. The van der Waals surface area contributed by atoms with Crippen molar-refractivity contribution in [3.05, 3.63) is 70.2 Å². The van der Waals surface area contributed by atoms with Crippen LogP contribution in [-0.4, -0.2) is 10.9 Å². The molecular formula is C16H14N2O3. The summed E-state index contributed by atoms with van der Waals surface area (Å²) in [6.07, 6.45) is 0. The van der Waals surface area contributed by atoms with Crippen LogP contribution in [0.2, 0.25) is 0 Å². The molecule has 21 heavy (non-hydrogen) atoms. The number of aromatic nitrogens is 1. The van der Waals surface area contributed by atoms with Gasteiger partial charge >= 0.3 is 5.76 Å². The third-order valence-electron chi connectivity index (χ3n) is 3.33. The van der Waals surface area contributed by atoms with Gasteiger partial charge < -0.3 is 9.73 Å². The highest BCUT2D eigenvalue weighted by Gasteiger charge is 2.12. The number of amides is 1. The minimum Gasteiger partial charge on any atom is -0.408 e. The van der Waals surface area contributed by atoms with Crippen LogP contribution in [0.3, 0.4) is 0 Å². The molecule has 2 aromatic carbocycles. The van der Waals surface area contributed by atoms with E-state index in [1.54, 1.807) is 18.2 Å². The Kier molecular flexibility index (Phi) is 3.31. The number of H-pyrrole nitrogens is 1. The summed E-state index contributed by atoms with van der Waals surface area (Å²) in [4.78, 5) is 25.9. The first kappa shape index (κ1) is 13.2. The van der Waals surface area contributed by atoms with Crippen LogP contribution >= 0.6 is 0 Å². The molecule has 1 atom stereocenters. The maximum absolute atomic E-state index is 12.2. The standard InChI is InChI=1S/C16H14N2O3/c1-10(11-5-3-2-4-6-11)17-15(19)12-7-8-13-14(9-12)21-16(20)18-13/h2-10H,1H3,(H,17,19)(H,18,20). The molecule has 0 aliphatic heterocycles. The van der Waals surface area contributed by atoms with Crippen LogP contribution in [0.1, 0.15) is 28.9 Å². The second-order valence-corrected chi connectivity index (χ2v) is 4.83. The minimum absolute atomic E-state index is 0.104. The fourth-order valence-electron chi connectivity index (χ4n) is 2.19. The molecule has 3 rings (SSSR count). The van der Waals surface area contributed by atoms with Gasteiger partial charge in [-0.3, -0.25) is 9.78 Å². The van der Waals surface area contributed by atoms with Crippen molar-refractivity contribution in [2.24, 2.45) is 0 Å². The summed E-state index contributed by atoms with van der Waals surface area (Å²) in [5, 5.41) is 2.92. The highest BCUT2D eigenvalue weighted by atomic mass is 16.4. The summed E-state index contributed by atoms with van der Waals surface area (Å²) >= 11 is 0. The molecule has 1 unspecified atom stereocenters. The first-order chi connectivity index (χ1) is 10.1. The van der Waals surface area contributed by atoms with Gasteiger partial charge in [-0.2, -0.15) is 0 Å². The van der Waals surface area contributed by atoms with E-state index in [9.17, 15) is 9.59 Å². The summed E-state index contributed by atoms with van der Waals surface area (Å²) < 4.78 is 4.96.